The van der Waals surface area contributed by atoms with Crippen molar-refractivity contribution in [3.8, 4) is 11.6 Å². The van der Waals surface area contributed by atoms with Crippen molar-refractivity contribution >= 4 is 5.97 Å². The molecule has 104 valence electrons. The van der Waals surface area contributed by atoms with Crippen LogP contribution in [-0.2, 0) is 11.2 Å². The van der Waals surface area contributed by atoms with Crippen LogP contribution in [0.25, 0.3) is 0 Å². The smallest absolute Gasteiger partial charge is 0.358 e. The molecule has 5 nitrogen and oxygen atoms in total. The molecule has 1 aromatic carbocycles. The number of aromatic nitrogens is 2. The summed E-state index contributed by atoms with van der Waals surface area (Å²) in [6.07, 6.45) is 4.88. The van der Waals surface area contributed by atoms with Crippen molar-refractivity contribution in [3.63, 3.8) is 0 Å². The first-order valence-corrected chi connectivity index (χ1v) is 6.40. The van der Waals surface area contributed by atoms with Crippen molar-refractivity contribution in [3.05, 3.63) is 47.9 Å². The molecule has 1 heterocycles. The number of benzene rings is 1. The highest BCUT2D eigenvalue weighted by molar-refractivity contribution is 5.86. The van der Waals surface area contributed by atoms with Gasteiger partial charge in [-0.2, -0.15) is 0 Å². The van der Waals surface area contributed by atoms with Crippen LogP contribution in [0.3, 0.4) is 0 Å². The van der Waals surface area contributed by atoms with Gasteiger partial charge in [-0.25, -0.2) is 14.8 Å². The largest absolute Gasteiger partial charge is 0.464 e. The zero-order chi connectivity index (χ0) is 14.4. The van der Waals surface area contributed by atoms with Gasteiger partial charge in [-0.3, -0.25) is 0 Å². The Morgan fingerprint density at radius 2 is 1.90 bits per heavy atom. The van der Waals surface area contributed by atoms with Gasteiger partial charge in [0.2, 0.25) is 5.88 Å². The maximum atomic E-state index is 11.2. The summed E-state index contributed by atoms with van der Waals surface area (Å²) in [7, 11) is 1.30. The fourth-order valence-electron chi connectivity index (χ4n) is 1.71. The molecule has 2 aromatic rings. The minimum Gasteiger partial charge on any atom is -0.464 e. The van der Waals surface area contributed by atoms with Crippen LogP contribution in [0, 0.1) is 0 Å². The molecular weight excluding hydrogens is 256 g/mol. The maximum Gasteiger partial charge on any atom is 0.358 e. The van der Waals surface area contributed by atoms with Crippen LogP contribution in [-0.4, -0.2) is 23.0 Å². The third-order valence-electron chi connectivity index (χ3n) is 2.71. The van der Waals surface area contributed by atoms with E-state index in [0.717, 1.165) is 12.8 Å². The Kier molecular flexibility index (Phi) is 4.65. The number of methoxy groups -OCH3 is 1. The average molecular weight is 272 g/mol. The number of carbonyl (C=O) groups is 1. The standard InChI is InChI=1S/C15H16N2O3/c1-3-4-11-5-7-12(8-6-11)20-14-10-16-13(9-17-14)15(18)19-2/h5-10H,3-4H2,1-2H3. The summed E-state index contributed by atoms with van der Waals surface area (Å²) in [6.45, 7) is 2.14. The lowest BCUT2D eigenvalue weighted by Crippen LogP contribution is -2.04. The second-order valence-corrected chi connectivity index (χ2v) is 4.23. The summed E-state index contributed by atoms with van der Waals surface area (Å²) in [5.74, 6) is 0.499. The lowest BCUT2D eigenvalue weighted by Gasteiger charge is -2.05. The van der Waals surface area contributed by atoms with Gasteiger partial charge in [-0.1, -0.05) is 25.5 Å². The molecule has 0 spiro atoms. The molecule has 0 atom stereocenters. The van der Waals surface area contributed by atoms with Gasteiger partial charge < -0.3 is 9.47 Å². The number of hydrogen-bond acceptors (Lipinski definition) is 5. The molecule has 2 rings (SSSR count). The number of esters is 1. The van der Waals surface area contributed by atoms with Crippen molar-refractivity contribution in [2.24, 2.45) is 0 Å². The molecule has 20 heavy (non-hydrogen) atoms. The Hall–Kier alpha value is -2.43. The van der Waals surface area contributed by atoms with Gasteiger partial charge >= 0.3 is 5.97 Å². The van der Waals surface area contributed by atoms with Gasteiger partial charge in [-0.15, -0.1) is 0 Å². The summed E-state index contributed by atoms with van der Waals surface area (Å²) in [6, 6.07) is 7.83. The lowest BCUT2D eigenvalue weighted by atomic mass is 10.1. The maximum absolute atomic E-state index is 11.2. The van der Waals surface area contributed by atoms with Gasteiger partial charge in [0.15, 0.2) is 5.69 Å². The van der Waals surface area contributed by atoms with Crippen molar-refractivity contribution in [2.75, 3.05) is 7.11 Å². The monoisotopic (exact) mass is 272 g/mol. The van der Waals surface area contributed by atoms with Crippen LogP contribution in [0.1, 0.15) is 29.4 Å². The van der Waals surface area contributed by atoms with E-state index in [0.29, 0.717) is 11.6 Å². The number of ether oxygens (including phenoxy) is 2. The van der Waals surface area contributed by atoms with E-state index >= 15 is 0 Å². The van der Waals surface area contributed by atoms with E-state index in [9.17, 15) is 4.79 Å². The van der Waals surface area contributed by atoms with Crippen molar-refractivity contribution in [1.29, 1.82) is 0 Å². The van der Waals surface area contributed by atoms with Crippen molar-refractivity contribution < 1.29 is 14.3 Å². The van der Waals surface area contributed by atoms with Crippen LogP contribution < -0.4 is 4.74 Å². The van der Waals surface area contributed by atoms with E-state index < -0.39 is 5.97 Å². The fourth-order valence-corrected chi connectivity index (χ4v) is 1.71. The summed E-state index contributed by atoms with van der Waals surface area (Å²) in [5.41, 5.74) is 1.42. The van der Waals surface area contributed by atoms with Gasteiger partial charge in [0.05, 0.1) is 19.5 Å². The predicted octanol–water partition coefficient (Wildman–Crippen LogP) is 3.01. The molecule has 0 fully saturated rings. The Morgan fingerprint density at radius 1 is 1.15 bits per heavy atom. The third-order valence-corrected chi connectivity index (χ3v) is 2.71. The molecule has 0 unspecified atom stereocenters. The van der Waals surface area contributed by atoms with Crippen LogP contribution in [0.15, 0.2) is 36.7 Å². The summed E-state index contributed by atoms with van der Waals surface area (Å²) in [4.78, 5) is 19.2. The zero-order valence-corrected chi connectivity index (χ0v) is 11.5. The Morgan fingerprint density at radius 3 is 2.45 bits per heavy atom. The predicted molar refractivity (Wildman–Crippen MR) is 73.9 cm³/mol. The third kappa shape index (κ3) is 3.54. The van der Waals surface area contributed by atoms with Gasteiger partial charge in [-0.05, 0) is 24.1 Å². The highest BCUT2D eigenvalue weighted by Crippen LogP contribution is 2.19. The quantitative estimate of drug-likeness (QED) is 0.783. The normalized spacial score (nSPS) is 10.1. The van der Waals surface area contributed by atoms with E-state index in [1.54, 1.807) is 0 Å². The second-order valence-electron chi connectivity index (χ2n) is 4.23. The molecule has 0 aliphatic rings. The van der Waals surface area contributed by atoms with E-state index in [1.165, 1.54) is 25.1 Å². The van der Waals surface area contributed by atoms with E-state index in [-0.39, 0.29) is 5.69 Å². The first-order chi connectivity index (χ1) is 9.72. The summed E-state index contributed by atoms with van der Waals surface area (Å²) < 4.78 is 10.1. The first-order valence-electron chi connectivity index (χ1n) is 6.40. The van der Waals surface area contributed by atoms with E-state index in [2.05, 4.69) is 21.6 Å². The van der Waals surface area contributed by atoms with Gasteiger partial charge in [0.1, 0.15) is 5.75 Å². The second kappa shape index (κ2) is 6.65. The number of hydrogen-bond donors (Lipinski definition) is 0. The topological polar surface area (TPSA) is 61.3 Å². The molecule has 5 heteroatoms. The Balaban J connectivity index is 2.04. The minimum atomic E-state index is -0.520. The van der Waals surface area contributed by atoms with Crippen LogP contribution in [0.2, 0.25) is 0 Å². The molecule has 0 saturated carbocycles. The number of carbonyl (C=O) groups excluding carboxylic acids is 1. The fraction of sp³-hybridized carbons (Fsp3) is 0.267. The number of aryl methyl sites for hydroxylation is 1. The summed E-state index contributed by atoms with van der Waals surface area (Å²) >= 11 is 0. The van der Waals surface area contributed by atoms with Gasteiger partial charge in [0, 0.05) is 0 Å². The molecule has 0 aliphatic heterocycles. The number of rotatable bonds is 5. The molecule has 0 radical (unpaired) electrons. The lowest BCUT2D eigenvalue weighted by molar-refractivity contribution is 0.0593. The molecular formula is C15H16N2O3. The van der Waals surface area contributed by atoms with E-state index in [1.807, 2.05) is 24.3 Å². The first kappa shape index (κ1) is 14.0. The number of nitrogens with zero attached hydrogens (tertiary/aromatic N) is 2. The molecule has 1 aromatic heterocycles. The average Bonchev–Trinajstić information content (AvgIpc) is 2.49. The van der Waals surface area contributed by atoms with Crippen molar-refractivity contribution in [2.45, 2.75) is 19.8 Å². The Bertz CT molecular complexity index is 565. The van der Waals surface area contributed by atoms with Crippen LogP contribution in [0.5, 0.6) is 11.6 Å². The minimum absolute atomic E-state index is 0.151. The SMILES string of the molecule is CCCc1ccc(Oc2cnc(C(=O)OC)cn2)cc1. The zero-order valence-electron chi connectivity index (χ0n) is 11.5. The highest BCUT2D eigenvalue weighted by atomic mass is 16.5. The van der Waals surface area contributed by atoms with Gasteiger partial charge in [0.25, 0.3) is 0 Å². The Labute approximate surface area is 117 Å². The van der Waals surface area contributed by atoms with Crippen LogP contribution in [0.4, 0.5) is 0 Å². The molecule has 0 aliphatic carbocycles. The highest BCUT2D eigenvalue weighted by Gasteiger charge is 2.08. The molecule has 0 saturated heterocycles. The van der Waals surface area contributed by atoms with Crippen molar-refractivity contribution in [1.82, 2.24) is 9.97 Å². The molecule has 0 amide bonds. The molecule has 0 N–H and O–H groups in total. The van der Waals surface area contributed by atoms with Crippen LogP contribution >= 0.6 is 0 Å². The molecule has 0 bridgehead atoms. The summed E-state index contributed by atoms with van der Waals surface area (Å²) in [5, 5.41) is 0. The van der Waals surface area contributed by atoms with E-state index in [4.69, 9.17) is 4.74 Å².